The normalized spacial score (nSPS) is 13.5. The molecule has 102 valence electrons. The van der Waals surface area contributed by atoms with Crippen LogP contribution in [0.25, 0.3) is 11.6 Å². The van der Waals surface area contributed by atoms with Gasteiger partial charge in [0.2, 0.25) is 5.82 Å². The van der Waals surface area contributed by atoms with Gasteiger partial charge in [0.05, 0.1) is 0 Å². The first-order valence-electron chi connectivity index (χ1n) is 5.94. The zero-order valence-corrected chi connectivity index (χ0v) is 11.4. The van der Waals surface area contributed by atoms with Gasteiger partial charge in [0.25, 0.3) is 5.89 Å². The monoisotopic (exact) mass is 263 g/mol. The van der Waals surface area contributed by atoms with Crippen molar-refractivity contribution >= 4 is 0 Å². The smallest absolute Gasteiger partial charge is 0.280 e. The van der Waals surface area contributed by atoms with Crippen molar-refractivity contribution in [2.45, 2.75) is 26.9 Å². The summed E-state index contributed by atoms with van der Waals surface area (Å²) in [4.78, 5) is 8.28. The summed E-state index contributed by atoms with van der Waals surface area (Å²) in [5.74, 6) is 0.622. The largest absolute Gasteiger partial charge is 0.505 e. The maximum atomic E-state index is 9.71. The number of pyridine rings is 1. The molecule has 2 aromatic heterocycles. The molecule has 0 aromatic carbocycles. The molecule has 6 heteroatoms. The lowest BCUT2D eigenvalue weighted by Crippen LogP contribution is -2.21. The van der Waals surface area contributed by atoms with Gasteiger partial charge in [-0.15, -0.1) is 0 Å². The molecule has 1 N–H and O–H groups in total. The molecule has 6 nitrogen and oxygen atoms in total. The zero-order valence-electron chi connectivity index (χ0n) is 11.4. The van der Waals surface area contributed by atoms with Crippen LogP contribution in [0.15, 0.2) is 22.9 Å². The van der Waals surface area contributed by atoms with Crippen molar-refractivity contribution < 1.29 is 14.4 Å². The maximum Gasteiger partial charge on any atom is 0.280 e. The highest BCUT2D eigenvalue weighted by Crippen LogP contribution is 2.35. The first-order valence-corrected chi connectivity index (χ1v) is 5.94. The van der Waals surface area contributed by atoms with Crippen LogP contribution in [0.1, 0.15) is 32.7 Å². The molecule has 0 saturated carbocycles. The van der Waals surface area contributed by atoms with Crippen molar-refractivity contribution in [2.75, 3.05) is 7.11 Å². The molecule has 0 saturated heterocycles. The van der Waals surface area contributed by atoms with Crippen LogP contribution in [0.4, 0.5) is 0 Å². The highest BCUT2D eigenvalue weighted by Gasteiger charge is 2.31. The van der Waals surface area contributed by atoms with E-state index in [-0.39, 0.29) is 28.9 Å². The van der Waals surface area contributed by atoms with Crippen molar-refractivity contribution in [1.29, 1.82) is 0 Å². The fraction of sp³-hybridized carbons (Fsp3) is 0.462. The number of aromatic nitrogens is 3. The van der Waals surface area contributed by atoms with E-state index in [9.17, 15) is 5.11 Å². The van der Waals surface area contributed by atoms with Crippen LogP contribution in [0.2, 0.25) is 0 Å². The molecule has 0 aliphatic rings. The molecular weight excluding hydrogens is 246 g/mol. The van der Waals surface area contributed by atoms with Crippen LogP contribution in [0.5, 0.6) is 5.75 Å². The van der Waals surface area contributed by atoms with Crippen molar-refractivity contribution in [3.8, 4) is 17.3 Å². The SMILES string of the molecule is COC(c1noc(-c2ncccc2O)n1)C(C)(C)C. The van der Waals surface area contributed by atoms with E-state index < -0.39 is 0 Å². The van der Waals surface area contributed by atoms with Gasteiger partial charge in [0, 0.05) is 13.3 Å². The standard InChI is InChI=1S/C13H17N3O3/c1-13(2,3)10(18-4)11-15-12(19-16-11)9-8(17)6-5-7-14-9/h5-7,10,17H,1-4H3. The molecule has 2 aromatic rings. The van der Waals surface area contributed by atoms with E-state index in [1.807, 2.05) is 20.8 Å². The van der Waals surface area contributed by atoms with E-state index in [0.29, 0.717) is 5.82 Å². The van der Waals surface area contributed by atoms with E-state index in [4.69, 9.17) is 9.26 Å². The second-order valence-electron chi connectivity index (χ2n) is 5.31. The summed E-state index contributed by atoms with van der Waals surface area (Å²) in [5.41, 5.74) is 0.104. The third-order valence-electron chi connectivity index (χ3n) is 2.69. The van der Waals surface area contributed by atoms with Gasteiger partial charge in [0.15, 0.2) is 5.69 Å². The van der Waals surface area contributed by atoms with Gasteiger partial charge in [0.1, 0.15) is 11.9 Å². The first-order chi connectivity index (χ1) is 8.93. The Hall–Kier alpha value is -1.95. The van der Waals surface area contributed by atoms with Crippen molar-refractivity contribution in [3.63, 3.8) is 0 Å². The Labute approximate surface area is 111 Å². The van der Waals surface area contributed by atoms with Crippen molar-refractivity contribution in [1.82, 2.24) is 15.1 Å². The number of hydrogen-bond acceptors (Lipinski definition) is 6. The van der Waals surface area contributed by atoms with E-state index >= 15 is 0 Å². The minimum atomic E-state index is -0.296. The summed E-state index contributed by atoms with van der Waals surface area (Å²) in [5, 5.41) is 13.6. The van der Waals surface area contributed by atoms with Crippen LogP contribution in [0.3, 0.4) is 0 Å². The first kappa shape index (κ1) is 13.5. The molecule has 0 aliphatic carbocycles. The molecule has 0 aliphatic heterocycles. The van der Waals surface area contributed by atoms with Gasteiger partial charge in [-0.2, -0.15) is 4.98 Å². The molecule has 1 atom stereocenters. The molecule has 1 unspecified atom stereocenters. The topological polar surface area (TPSA) is 81.3 Å². The Bertz CT molecular complexity index is 560. The van der Waals surface area contributed by atoms with Crippen LogP contribution in [-0.4, -0.2) is 27.3 Å². The summed E-state index contributed by atoms with van der Waals surface area (Å²) in [6, 6.07) is 3.15. The summed E-state index contributed by atoms with van der Waals surface area (Å²) >= 11 is 0. The molecule has 2 heterocycles. The van der Waals surface area contributed by atoms with E-state index in [2.05, 4.69) is 15.1 Å². The van der Waals surface area contributed by atoms with Gasteiger partial charge in [-0.1, -0.05) is 25.9 Å². The fourth-order valence-corrected chi connectivity index (χ4v) is 1.85. The van der Waals surface area contributed by atoms with Gasteiger partial charge < -0.3 is 14.4 Å². The second-order valence-corrected chi connectivity index (χ2v) is 5.31. The molecule has 0 spiro atoms. The van der Waals surface area contributed by atoms with Gasteiger partial charge in [-0.05, 0) is 17.5 Å². The fourth-order valence-electron chi connectivity index (χ4n) is 1.85. The van der Waals surface area contributed by atoms with Crippen molar-refractivity contribution in [2.24, 2.45) is 5.41 Å². The number of rotatable bonds is 3. The zero-order chi connectivity index (χ0) is 14.0. The van der Waals surface area contributed by atoms with E-state index in [1.54, 1.807) is 19.4 Å². The van der Waals surface area contributed by atoms with Crippen molar-refractivity contribution in [3.05, 3.63) is 24.2 Å². The summed E-state index contributed by atoms with van der Waals surface area (Å²) in [6.45, 7) is 6.07. The van der Waals surface area contributed by atoms with Crippen LogP contribution >= 0.6 is 0 Å². The predicted molar refractivity (Wildman–Crippen MR) is 68.4 cm³/mol. The molecule has 0 fully saturated rings. The Balaban J connectivity index is 2.37. The lowest BCUT2D eigenvalue weighted by atomic mass is 9.88. The average Bonchev–Trinajstić information content (AvgIpc) is 2.78. The number of methoxy groups -OCH3 is 1. The Kier molecular flexibility index (Phi) is 3.53. The average molecular weight is 263 g/mol. The number of hydrogen-bond donors (Lipinski definition) is 1. The van der Waals surface area contributed by atoms with Gasteiger partial charge >= 0.3 is 0 Å². The van der Waals surface area contributed by atoms with Crippen LogP contribution in [0, 0.1) is 5.41 Å². The van der Waals surface area contributed by atoms with Crippen LogP contribution in [-0.2, 0) is 4.74 Å². The molecular formula is C13H17N3O3. The summed E-state index contributed by atoms with van der Waals surface area (Å²) in [7, 11) is 1.60. The lowest BCUT2D eigenvalue weighted by molar-refractivity contribution is 0.00718. The minimum absolute atomic E-state index is 0.00225. The summed E-state index contributed by atoms with van der Waals surface area (Å²) < 4.78 is 10.6. The highest BCUT2D eigenvalue weighted by molar-refractivity contribution is 5.55. The summed E-state index contributed by atoms with van der Waals surface area (Å²) in [6.07, 6.45) is 1.26. The van der Waals surface area contributed by atoms with Gasteiger partial charge in [-0.3, -0.25) is 0 Å². The number of aromatic hydroxyl groups is 1. The predicted octanol–water partition coefficient (Wildman–Crippen LogP) is 2.57. The minimum Gasteiger partial charge on any atom is -0.505 e. The Morgan fingerprint density at radius 2 is 2.11 bits per heavy atom. The third-order valence-corrected chi connectivity index (χ3v) is 2.69. The lowest BCUT2D eigenvalue weighted by Gasteiger charge is -2.26. The maximum absolute atomic E-state index is 9.71. The van der Waals surface area contributed by atoms with E-state index in [1.165, 1.54) is 6.07 Å². The molecule has 0 radical (unpaired) electrons. The molecule has 19 heavy (non-hydrogen) atoms. The third kappa shape index (κ3) is 2.73. The Morgan fingerprint density at radius 3 is 2.68 bits per heavy atom. The molecule has 0 amide bonds. The quantitative estimate of drug-likeness (QED) is 0.916. The molecule has 0 bridgehead atoms. The Morgan fingerprint density at radius 1 is 1.37 bits per heavy atom. The second kappa shape index (κ2) is 4.97. The highest BCUT2D eigenvalue weighted by atomic mass is 16.5. The number of nitrogens with zero attached hydrogens (tertiary/aromatic N) is 3. The molecule has 2 rings (SSSR count). The van der Waals surface area contributed by atoms with E-state index in [0.717, 1.165) is 0 Å². The number of ether oxygens (including phenoxy) is 1. The van der Waals surface area contributed by atoms with Crippen LogP contribution < -0.4 is 0 Å². The van der Waals surface area contributed by atoms with Gasteiger partial charge in [-0.25, -0.2) is 4.98 Å².